The third-order valence-corrected chi connectivity index (χ3v) is 5.09. The van der Waals surface area contributed by atoms with Crippen LogP contribution in [0.25, 0.3) is 5.65 Å². The number of pyridine rings is 1. The molecule has 0 radical (unpaired) electrons. The molecule has 0 aromatic carbocycles. The zero-order chi connectivity index (χ0) is 15.8. The van der Waals surface area contributed by atoms with Crippen LogP contribution in [0.2, 0.25) is 0 Å². The van der Waals surface area contributed by atoms with Gasteiger partial charge in [0.25, 0.3) is 5.91 Å². The first-order chi connectivity index (χ1) is 11.2. The van der Waals surface area contributed by atoms with Crippen molar-refractivity contribution in [2.75, 3.05) is 19.8 Å². The van der Waals surface area contributed by atoms with E-state index in [2.05, 4.69) is 4.98 Å². The molecule has 1 aliphatic heterocycles. The SMILES string of the molecule is O=C(c1ccc2nccn2c1)N1CCOC[C@@H]1[C@H]1CCC[C@@H]1O. The molecule has 4 rings (SSSR count). The van der Waals surface area contributed by atoms with Gasteiger partial charge in [0.2, 0.25) is 0 Å². The van der Waals surface area contributed by atoms with Gasteiger partial charge in [-0.15, -0.1) is 0 Å². The first kappa shape index (κ1) is 14.7. The standard InChI is InChI=1S/C17H21N3O3/c21-15-3-1-2-13(15)14-11-23-9-8-20(14)17(22)12-4-5-16-18-6-7-19(16)10-12/h4-7,10,13-15,21H,1-3,8-9,11H2/t13-,14-,15+/m1/s1. The topological polar surface area (TPSA) is 67.1 Å². The lowest BCUT2D eigenvalue weighted by molar-refractivity contribution is -0.0383. The molecule has 2 aliphatic rings. The minimum Gasteiger partial charge on any atom is -0.393 e. The molecule has 1 amide bonds. The normalized spacial score (nSPS) is 28.4. The predicted molar refractivity (Wildman–Crippen MR) is 84.2 cm³/mol. The van der Waals surface area contributed by atoms with E-state index in [-0.39, 0.29) is 24.0 Å². The van der Waals surface area contributed by atoms with Crippen LogP contribution in [0.3, 0.4) is 0 Å². The van der Waals surface area contributed by atoms with Gasteiger partial charge in [-0.05, 0) is 25.0 Å². The number of morpholine rings is 1. The molecule has 122 valence electrons. The van der Waals surface area contributed by atoms with Crippen LogP contribution >= 0.6 is 0 Å². The number of nitrogens with zero attached hydrogens (tertiary/aromatic N) is 3. The number of hydrogen-bond acceptors (Lipinski definition) is 4. The molecule has 3 atom stereocenters. The smallest absolute Gasteiger partial charge is 0.255 e. The number of aromatic nitrogens is 2. The molecule has 1 saturated heterocycles. The van der Waals surface area contributed by atoms with Gasteiger partial charge in [0.05, 0.1) is 30.9 Å². The maximum atomic E-state index is 13.0. The van der Waals surface area contributed by atoms with Gasteiger partial charge in [0.1, 0.15) is 5.65 Å². The number of amides is 1. The Labute approximate surface area is 134 Å². The van der Waals surface area contributed by atoms with Crippen LogP contribution in [0.1, 0.15) is 29.6 Å². The average Bonchev–Trinajstić information content (AvgIpc) is 3.22. The van der Waals surface area contributed by atoms with Crippen LogP contribution in [0.15, 0.2) is 30.7 Å². The van der Waals surface area contributed by atoms with Crippen molar-refractivity contribution < 1.29 is 14.6 Å². The minimum atomic E-state index is -0.326. The maximum Gasteiger partial charge on any atom is 0.255 e. The Bertz CT molecular complexity index is 714. The third kappa shape index (κ3) is 2.62. The van der Waals surface area contributed by atoms with E-state index in [0.29, 0.717) is 25.3 Å². The Morgan fingerprint density at radius 2 is 2.26 bits per heavy atom. The number of rotatable bonds is 2. The van der Waals surface area contributed by atoms with Crippen LogP contribution in [0.5, 0.6) is 0 Å². The Balaban J connectivity index is 1.61. The molecule has 2 aromatic rings. The van der Waals surface area contributed by atoms with Crippen molar-refractivity contribution in [2.45, 2.75) is 31.4 Å². The van der Waals surface area contributed by atoms with E-state index < -0.39 is 0 Å². The van der Waals surface area contributed by atoms with Gasteiger partial charge in [-0.3, -0.25) is 4.79 Å². The summed E-state index contributed by atoms with van der Waals surface area (Å²) in [5, 5.41) is 10.2. The van der Waals surface area contributed by atoms with Crippen LogP contribution in [0.4, 0.5) is 0 Å². The first-order valence-electron chi connectivity index (χ1n) is 8.23. The number of hydrogen-bond donors (Lipinski definition) is 1. The monoisotopic (exact) mass is 315 g/mol. The quantitative estimate of drug-likeness (QED) is 0.908. The van der Waals surface area contributed by atoms with Crippen LogP contribution in [0, 0.1) is 5.92 Å². The number of fused-ring (bicyclic) bond motifs is 1. The Hall–Kier alpha value is -1.92. The van der Waals surface area contributed by atoms with Crippen molar-refractivity contribution in [3.63, 3.8) is 0 Å². The highest BCUT2D eigenvalue weighted by atomic mass is 16.5. The molecule has 6 nitrogen and oxygen atoms in total. The lowest BCUT2D eigenvalue weighted by Gasteiger charge is -2.40. The molecular formula is C17H21N3O3. The van der Waals surface area contributed by atoms with Crippen molar-refractivity contribution in [1.29, 1.82) is 0 Å². The fraction of sp³-hybridized carbons (Fsp3) is 0.529. The fourth-order valence-corrected chi connectivity index (χ4v) is 3.86. The number of ether oxygens (including phenoxy) is 1. The molecule has 1 N–H and O–H groups in total. The molecule has 2 fully saturated rings. The Morgan fingerprint density at radius 3 is 3.09 bits per heavy atom. The summed E-state index contributed by atoms with van der Waals surface area (Å²) >= 11 is 0. The lowest BCUT2D eigenvalue weighted by atomic mass is 9.94. The summed E-state index contributed by atoms with van der Waals surface area (Å²) in [5.41, 5.74) is 1.47. The summed E-state index contributed by atoms with van der Waals surface area (Å²) in [6, 6.07) is 3.64. The second-order valence-electron chi connectivity index (χ2n) is 6.41. The summed E-state index contributed by atoms with van der Waals surface area (Å²) in [4.78, 5) is 19.1. The number of aliphatic hydroxyl groups is 1. The molecule has 6 heteroatoms. The van der Waals surface area contributed by atoms with E-state index in [1.807, 2.05) is 33.8 Å². The van der Waals surface area contributed by atoms with E-state index in [9.17, 15) is 9.90 Å². The molecule has 23 heavy (non-hydrogen) atoms. The lowest BCUT2D eigenvalue weighted by Crippen LogP contribution is -2.53. The highest BCUT2D eigenvalue weighted by Gasteiger charge is 2.39. The van der Waals surface area contributed by atoms with Gasteiger partial charge in [-0.1, -0.05) is 6.42 Å². The van der Waals surface area contributed by atoms with E-state index in [0.717, 1.165) is 24.9 Å². The van der Waals surface area contributed by atoms with Gasteiger partial charge >= 0.3 is 0 Å². The molecule has 1 saturated carbocycles. The van der Waals surface area contributed by atoms with Crippen molar-refractivity contribution in [3.05, 3.63) is 36.3 Å². The summed E-state index contributed by atoms with van der Waals surface area (Å²) in [6.07, 6.45) is 7.85. The van der Waals surface area contributed by atoms with E-state index in [4.69, 9.17) is 4.74 Å². The molecule has 3 heterocycles. The highest BCUT2D eigenvalue weighted by Crippen LogP contribution is 2.32. The van der Waals surface area contributed by atoms with Crippen molar-refractivity contribution in [2.24, 2.45) is 5.92 Å². The van der Waals surface area contributed by atoms with Crippen molar-refractivity contribution in [3.8, 4) is 0 Å². The highest BCUT2D eigenvalue weighted by molar-refractivity contribution is 5.94. The number of aliphatic hydroxyl groups excluding tert-OH is 1. The first-order valence-corrected chi connectivity index (χ1v) is 8.23. The zero-order valence-corrected chi connectivity index (χ0v) is 13.0. The second-order valence-corrected chi connectivity index (χ2v) is 6.41. The van der Waals surface area contributed by atoms with Gasteiger partial charge in [0, 0.05) is 31.1 Å². The summed E-state index contributed by atoms with van der Waals surface area (Å²) < 4.78 is 7.45. The molecule has 1 aliphatic carbocycles. The van der Waals surface area contributed by atoms with E-state index >= 15 is 0 Å². The number of imidazole rings is 1. The van der Waals surface area contributed by atoms with E-state index in [1.54, 1.807) is 6.20 Å². The maximum absolute atomic E-state index is 13.0. The molecular weight excluding hydrogens is 294 g/mol. The number of carbonyl (C=O) groups is 1. The predicted octanol–water partition coefficient (Wildman–Crippen LogP) is 1.34. The second kappa shape index (κ2) is 5.94. The Kier molecular flexibility index (Phi) is 3.79. The molecule has 0 bridgehead atoms. The molecule has 2 aromatic heterocycles. The van der Waals surface area contributed by atoms with E-state index in [1.165, 1.54) is 0 Å². The third-order valence-electron chi connectivity index (χ3n) is 5.09. The van der Waals surface area contributed by atoms with Gasteiger partial charge in [0.15, 0.2) is 0 Å². The van der Waals surface area contributed by atoms with Crippen molar-refractivity contribution in [1.82, 2.24) is 14.3 Å². The minimum absolute atomic E-state index is 0.00741. The summed E-state index contributed by atoms with van der Waals surface area (Å²) in [5.74, 6) is 0.129. The number of carbonyl (C=O) groups excluding carboxylic acids is 1. The molecule has 0 spiro atoms. The molecule has 0 unspecified atom stereocenters. The van der Waals surface area contributed by atoms with Gasteiger partial charge < -0.3 is 19.1 Å². The Morgan fingerprint density at radius 1 is 1.35 bits per heavy atom. The summed E-state index contributed by atoms with van der Waals surface area (Å²) in [6.45, 7) is 1.65. The average molecular weight is 315 g/mol. The summed E-state index contributed by atoms with van der Waals surface area (Å²) in [7, 11) is 0. The van der Waals surface area contributed by atoms with Crippen LogP contribution in [-0.2, 0) is 4.74 Å². The van der Waals surface area contributed by atoms with Crippen molar-refractivity contribution >= 4 is 11.6 Å². The van der Waals surface area contributed by atoms with Gasteiger partial charge in [-0.2, -0.15) is 0 Å². The largest absolute Gasteiger partial charge is 0.393 e. The fourth-order valence-electron chi connectivity index (χ4n) is 3.86. The van der Waals surface area contributed by atoms with Gasteiger partial charge in [-0.25, -0.2) is 4.98 Å². The zero-order valence-electron chi connectivity index (χ0n) is 13.0. The van der Waals surface area contributed by atoms with Crippen LogP contribution in [-0.4, -0.2) is 57.2 Å². The van der Waals surface area contributed by atoms with Crippen LogP contribution < -0.4 is 0 Å².